The van der Waals surface area contributed by atoms with Crippen LogP contribution in [-0.2, 0) is 24.6 Å². The molecule has 316 valence electrons. The van der Waals surface area contributed by atoms with E-state index in [0.29, 0.717) is 25.3 Å². The van der Waals surface area contributed by atoms with Gasteiger partial charge in [0.15, 0.2) is 5.78 Å². The Bertz CT molecular complexity index is 2330. The van der Waals surface area contributed by atoms with Crippen molar-refractivity contribution in [3.8, 4) is 33.6 Å². The molecule has 3 aromatic carbocycles. The van der Waals surface area contributed by atoms with Crippen LogP contribution in [0.1, 0.15) is 83.9 Å². The Morgan fingerprint density at radius 3 is 1.97 bits per heavy atom. The zero-order chi connectivity index (χ0) is 42.6. The topological polar surface area (TPSA) is 183 Å². The number of carbonyl (C=O) groups is 4. The van der Waals surface area contributed by atoms with Crippen molar-refractivity contribution in [3.05, 3.63) is 84.7 Å². The van der Waals surface area contributed by atoms with Gasteiger partial charge in [-0.15, -0.1) is 0 Å². The molecule has 0 bridgehead atoms. The summed E-state index contributed by atoms with van der Waals surface area (Å²) in [7, 11) is 2.59. The SMILES string of the molecule is COC(=O)N[C@H](C(=O)N1CCCC[C@H]1c1ncc(-c2ccc(-c3ccc4cc(-c5cnc([C@]6(C(=O)[C@@H](NC(=O)OC)C(C)C)CCCCN6)[nH]5)ccc4c3)cc2)[nH]1)C(C)C. The number of rotatable bonds is 12. The number of methoxy groups -OCH3 is 2. The van der Waals surface area contributed by atoms with E-state index in [9.17, 15) is 19.2 Å². The Kier molecular flexibility index (Phi) is 12.7. The lowest BCUT2D eigenvalue weighted by atomic mass is 9.78. The summed E-state index contributed by atoms with van der Waals surface area (Å²) >= 11 is 0. The summed E-state index contributed by atoms with van der Waals surface area (Å²) in [6.45, 7) is 8.89. The van der Waals surface area contributed by atoms with Gasteiger partial charge in [-0.3, -0.25) is 14.9 Å². The van der Waals surface area contributed by atoms with Gasteiger partial charge in [-0.2, -0.15) is 0 Å². The maximum absolute atomic E-state index is 14.2. The van der Waals surface area contributed by atoms with Crippen LogP contribution in [0.3, 0.4) is 0 Å². The molecule has 14 heteroatoms. The van der Waals surface area contributed by atoms with Crippen LogP contribution >= 0.6 is 0 Å². The molecule has 0 radical (unpaired) electrons. The normalized spacial score (nSPS) is 19.2. The van der Waals surface area contributed by atoms with Gasteiger partial charge in [-0.25, -0.2) is 19.6 Å². The number of ketones is 1. The molecule has 14 nitrogen and oxygen atoms in total. The van der Waals surface area contributed by atoms with Crippen LogP contribution in [0.4, 0.5) is 9.59 Å². The van der Waals surface area contributed by atoms with Crippen LogP contribution in [0, 0.1) is 11.8 Å². The molecule has 4 atom stereocenters. The summed E-state index contributed by atoms with van der Waals surface area (Å²) < 4.78 is 9.62. The number of nitrogens with one attached hydrogen (secondary N) is 5. The second-order valence-electron chi connectivity index (χ2n) is 16.6. The summed E-state index contributed by atoms with van der Waals surface area (Å²) in [5.41, 5.74) is 4.68. The fourth-order valence-corrected chi connectivity index (χ4v) is 8.55. The average Bonchev–Trinajstić information content (AvgIpc) is 3.98. The van der Waals surface area contributed by atoms with Gasteiger partial charge >= 0.3 is 12.2 Å². The van der Waals surface area contributed by atoms with Gasteiger partial charge < -0.3 is 35.0 Å². The monoisotopic (exact) mass is 816 g/mol. The van der Waals surface area contributed by atoms with Gasteiger partial charge in [0.05, 0.1) is 50.1 Å². The van der Waals surface area contributed by atoms with Crippen LogP contribution in [-0.4, -0.2) is 88.1 Å². The summed E-state index contributed by atoms with van der Waals surface area (Å²) in [6, 6.07) is 19.3. The van der Waals surface area contributed by atoms with Crippen LogP contribution < -0.4 is 16.0 Å². The zero-order valence-corrected chi connectivity index (χ0v) is 35.3. The van der Waals surface area contributed by atoms with Gasteiger partial charge in [-0.1, -0.05) is 76.2 Å². The Hall–Kier alpha value is -6.02. The number of alkyl carbamates (subject to hydrolysis) is 2. The minimum absolute atomic E-state index is 0.110. The van der Waals surface area contributed by atoms with E-state index >= 15 is 0 Å². The maximum atomic E-state index is 14.2. The molecule has 3 amide bonds. The van der Waals surface area contributed by atoms with Crippen LogP contribution in [0.5, 0.6) is 0 Å². The number of H-pyrrole nitrogens is 2. The molecule has 5 N–H and O–H groups in total. The molecule has 2 fully saturated rings. The summed E-state index contributed by atoms with van der Waals surface area (Å²) in [6.07, 6.45) is 7.35. The smallest absolute Gasteiger partial charge is 0.407 e. The van der Waals surface area contributed by atoms with Crippen molar-refractivity contribution in [1.29, 1.82) is 0 Å². The number of piperidine rings is 2. The molecule has 2 aromatic heterocycles. The van der Waals surface area contributed by atoms with Gasteiger partial charge in [0.1, 0.15) is 23.2 Å². The summed E-state index contributed by atoms with van der Waals surface area (Å²) in [5.74, 6) is 0.741. The molecule has 2 aliphatic rings. The average molecular weight is 817 g/mol. The molecule has 5 aromatic rings. The molecular weight excluding hydrogens is 761 g/mol. The minimum atomic E-state index is -1.06. The molecule has 0 aliphatic carbocycles. The van der Waals surface area contributed by atoms with Gasteiger partial charge in [-0.05, 0) is 96.5 Å². The number of Topliss-reactive ketones (excluding diaryl/α,β-unsaturated/α-hetero) is 1. The number of hydrogen-bond donors (Lipinski definition) is 5. The first-order valence-electron chi connectivity index (χ1n) is 21.0. The number of aromatic amines is 2. The van der Waals surface area contributed by atoms with Crippen LogP contribution in [0.2, 0.25) is 0 Å². The van der Waals surface area contributed by atoms with E-state index in [1.165, 1.54) is 14.2 Å². The number of fused-ring (bicyclic) bond motifs is 1. The van der Waals surface area contributed by atoms with Crippen molar-refractivity contribution in [2.24, 2.45) is 11.8 Å². The summed E-state index contributed by atoms with van der Waals surface area (Å²) in [5, 5.41) is 11.1. The third kappa shape index (κ3) is 8.65. The molecule has 0 unspecified atom stereocenters. The molecule has 2 saturated heterocycles. The molecule has 4 heterocycles. The van der Waals surface area contributed by atoms with Gasteiger partial charge in [0.25, 0.3) is 0 Å². The number of aromatic nitrogens is 4. The first-order valence-corrected chi connectivity index (χ1v) is 21.0. The van der Waals surface area contributed by atoms with Crippen molar-refractivity contribution in [2.75, 3.05) is 27.3 Å². The lowest BCUT2D eigenvalue weighted by molar-refractivity contribution is -0.138. The first kappa shape index (κ1) is 42.1. The Morgan fingerprint density at radius 2 is 1.32 bits per heavy atom. The van der Waals surface area contributed by atoms with E-state index < -0.39 is 29.8 Å². The largest absolute Gasteiger partial charge is 0.453 e. The third-order valence-electron chi connectivity index (χ3n) is 12.0. The number of carbonyl (C=O) groups excluding carboxylic acids is 4. The second-order valence-corrected chi connectivity index (χ2v) is 16.6. The molecule has 7 rings (SSSR count). The van der Waals surface area contributed by atoms with Crippen molar-refractivity contribution in [2.45, 2.75) is 89.9 Å². The lowest BCUT2D eigenvalue weighted by Crippen LogP contribution is -2.60. The summed E-state index contributed by atoms with van der Waals surface area (Å²) in [4.78, 5) is 70.4. The standard InChI is InChI=1S/C46H56N8O6/c1-27(2)38(52-44(57)59-5)40(55)46(20-8-9-21-49-46)43-48-26-36(51-43)34-19-18-32-23-31(16-17-33(32)24-34)29-12-14-30(15-13-29)35-25-47-41(50-35)37-11-7-10-22-54(37)42(56)39(28(3)4)53-45(58)60-6/h12-19,23-28,37-39,49H,7-11,20-22H2,1-6H3,(H,47,50)(H,48,51)(H,52,57)(H,53,58)/t37-,38-,39-,46+/m0/s1. The van der Waals surface area contributed by atoms with Crippen molar-refractivity contribution in [1.82, 2.24) is 40.8 Å². The van der Waals surface area contributed by atoms with E-state index in [1.54, 1.807) is 6.20 Å². The van der Waals surface area contributed by atoms with Crippen molar-refractivity contribution < 1.29 is 28.7 Å². The fraction of sp³-hybridized carbons (Fsp3) is 0.435. The predicted molar refractivity (Wildman–Crippen MR) is 230 cm³/mol. The molecule has 2 aliphatic heterocycles. The highest BCUT2D eigenvalue weighted by atomic mass is 16.5. The van der Waals surface area contributed by atoms with Crippen LogP contribution in [0.15, 0.2) is 73.1 Å². The molecule has 60 heavy (non-hydrogen) atoms. The quantitative estimate of drug-likeness (QED) is 0.0845. The van der Waals surface area contributed by atoms with E-state index in [1.807, 2.05) is 38.8 Å². The minimum Gasteiger partial charge on any atom is -0.453 e. The highest BCUT2D eigenvalue weighted by molar-refractivity contribution is 5.96. The van der Waals surface area contributed by atoms with E-state index in [2.05, 4.69) is 86.6 Å². The molecular formula is C46H56N8O6. The van der Waals surface area contributed by atoms with Gasteiger partial charge in [0, 0.05) is 12.1 Å². The number of nitrogens with zero attached hydrogens (tertiary/aromatic N) is 3. The molecule has 0 saturated carbocycles. The zero-order valence-electron chi connectivity index (χ0n) is 35.3. The number of imidazole rings is 2. The van der Waals surface area contributed by atoms with Crippen LogP contribution in [0.25, 0.3) is 44.4 Å². The Balaban J connectivity index is 1.07. The van der Waals surface area contributed by atoms with Crippen molar-refractivity contribution >= 4 is 34.6 Å². The fourth-order valence-electron chi connectivity index (χ4n) is 8.55. The Morgan fingerprint density at radius 1 is 0.717 bits per heavy atom. The number of hydrogen-bond acceptors (Lipinski definition) is 9. The van der Waals surface area contributed by atoms with E-state index in [0.717, 1.165) is 82.3 Å². The van der Waals surface area contributed by atoms with Crippen molar-refractivity contribution in [3.63, 3.8) is 0 Å². The maximum Gasteiger partial charge on any atom is 0.407 e. The first-order chi connectivity index (χ1) is 28.9. The third-order valence-corrected chi connectivity index (χ3v) is 12.0. The predicted octanol–water partition coefficient (Wildman–Crippen LogP) is 7.64. The lowest BCUT2D eigenvalue weighted by Gasteiger charge is -2.38. The van der Waals surface area contributed by atoms with E-state index in [-0.39, 0.29) is 29.6 Å². The second kappa shape index (κ2) is 18.1. The molecule has 0 spiro atoms. The highest BCUT2D eigenvalue weighted by Crippen LogP contribution is 2.36. The van der Waals surface area contributed by atoms with Gasteiger partial charge in [0.2, 0.25) is 5.91 Å². The highest BCUT2D eigenvalue weighted by Gasteiger charge is 2.48. The van der Waals surface area contributed by atoms with E-state index in [4.69, 9.17) is 19.4 Å². The number of ether oxygens (including phenoxy) is 2. The number of amides is 3. The number of benzene rings is 3. The number of likely N-dealkylation sites (tertiary alicyclic amines) is 1. The Labute approximate surface area is 350 Å².